The van der Waals surface area contributed by atoms with Gasteiger partial charge in [0.25, 0.3) is 0 Å². The van der Waals surface area contributed by atoms with Gasteiger partial charge in [-0.05, 0) is 50.4 Å². The summed E-state index contributed by atoms with van der Waals surface area (Å²) in [6.45, 7) is 2.52. The predicted octanol–water partition coefficient (Wildman–Crippen LogP) is 3.25. The predicted molar refractivity (Wildman–Crippen MR) is 102 cm³/mol. The average Bonchev–Trinajstić information content (AvgIpc) is 2.78. The Hall–Kier alpha value is -2.01. The van der Waals surface area contributed by atoms with Crippen LogP contribution in [0.5, 0.6) is 0 Å². The molecule has 1 aliphatic heterocycles. The van der Waals surface area contributed by atoms with Gasteiger partial charge in [0.2, 0.25) is 0 Å². The number of nitrogens with zero attached hydrogens (tertiary/aromatic N) is 2. The van der Waals surface area contributed by atoms with E-state index in [0.717, 1.165) is 55.0 Å². The molecule has 1 unspecified atom stereocenters. The van der Waals surface area contributed by atoms with Gasteiger partial charge in [-0.1, -0.05) is 42.5 Å². The van der Waals surface area contributed by atoms with Crippen LogP contribution < -0.4 is 10.6 Å². The second kappa shape index (κ2) is 7.19. The SMILES string of the molecule is CN1CCCc2c(c3c(n2CCc2ccccc2)=CCC(C(F)(F)F)C=3)C1. The minimum Gasteiger partial charge on any atom is -0.344 e. The van der Waals surface area contributed by atoms with Crippen LogP contribution in [0.25, 0.3) is 12.2 Å². The normalized spacial score (nSPS) is 20.2. The Labute approximate surface area is 157 Å². The molecule has 2 nitrogen and oxygen atoms in total. The van der Waals surface area contributed by atoms with Crippen LogP contribution in [0.1, 0.15) is 29.7 Å². The molecular formula is C22H25F3N2. The number of benzene rings is 1. The fourth-order valence-corrected chi connectivity index (χ4v) is 4.37. The van der Waals surface area contributed by atoms with Gasteiger partial charge in [-0.25, -0.2) is 0 Å². The highest BCUT2D eigenvalue weighted by atomic mass is 19.4. The van der Waals surface area contributed by atoms with E-state index in [1.54, 1.807) is 0 Å². The summed E-state index contributed by atoms with van der Waals surface area (Å²) < 4.78 is 42.3. The van der Waals surface area contributed by atoms with Crippen molar-refractivity contribution in [2.45, 2.75) is 44.9 Å². The van der Waals surface area contributed by atoms with E-state index in [-0.39, 0.29) is 6.42 Å². The van der Waals surface area contributed by atoms with E-state index in [1.807, 2.05) is 24.3 Å². The van der Waals surface area contributed by atoms with Crippen molar-refractivity contribution in [2.75, 3.05) is 13.6 Å². The maximum Gasteiger partial charge on any atom is 0.395 e. The highest BCUT2D eigenvalue weighted by Crippen LogP contribution is 2.31. The maximum atomic E-state index is 13.3. The fraction of sp³-hybridized carbons (Fsp3) is 0.455. The Morgan fingerprint density at radius 3 is 2.67 bits per heavy atom. The van der Waals surface area contributed by atoms with Crippen LogP contribution in [-0.2, 0) is 25.9 Å². The lowest BCUT2D eigenvalue weighted by Crippen LogP contribution is -2.38. The lowest BCUT2D eigenvalue weighted by Gasteiger charge is -2.18. The Morgan fingerprint density at radius 2 is 1.93 bits per heavy atom. The second-order valence-corrected chi connectivity index (χ2v) is 7.71. The van der Waals surface area contributed by atoms with Gasteiger partial charge in [0.05, 0.1) is 5.92 Å². The molecule has 0 bridgehead atoms. The van der Waals surface area contributed by atoms with Crippen molar-refractivity contribution in [1.82, 2.24) is 9.47 Å². The number of hydrogen-bond acceptors (Lipinski definition) is 1. The standard InChI is InChI=1S/C22H25F3N2/c1-26-12-5-8-20-19(15-26)18-14-17(22(23,24)25)9-10-21(18)27(20)13-11-16-6-3-2-4-7-16/h2-4,6-7,10,14,17H,5,8-9,11-13,15H2,1H3. The Kier molecular flexibility index (Phi) is 4.89. The highest BCUT2D eigenvalue weighted by molar-refractivity contribution is 5.46. The van der Waals surface area contributed by atoms with Crippen molar-refractivity contribution in [1.29, 1.82) is 0 Å². The van der Waals surface area contributed by atoms with Crippen molar-refractivity contribution in [2.24, 2.45) is 5.92 Å². The van der Waals surface area contributed by atoms with E-state index in [2.05, 4.69) is 28.6 Å². The van der Waals surface area contributed by atoms with E-state index < -0.39 is 12.1 Å². The summed E-state index contributed by atoms with van der Waals surface area (Å²) >= 11 is 0. The maximum absolute atomic E-state index is 13.3. The molecule has 5 heteroatoms. The van der Waals surface area contributed by atoms with Crippen LogP contribution in [0.2, 0.25) is 0 Å². The number of halogens is 3. The Bertz CT molecular complexity index is 925. The van der Waals surface area contributed by atoms with E-state index in [9.17, 15) is 13.2 Å². The highest BCUT2D eigenvalue weighted by Gasteiger charge is 2.38. The van der Waals surface area contributed by atoms with Crippen LogP contribution >= 0.6 is 0 Å². The first kappa shape index (κ1) is 18.4. The lowest BCUT2D eigenvalue weighted by molar-refractivity contribution is -0.155. The van der Waals surface area contributed by atoms with Crippen LogP contribution in [0, 0.1) is 5.92 Å². The molecule has 0 N–H and O–H groups in total. The van der Waals surface area contributed by atoms with Gasteiger partial charge < -0.3 is 9.47 Å². The van der Waals surface area contributed by atoms with E-state index in [4.69, 9.17) is 0 Å². The van der Waals surface area contributed by atoms with Crippen LogP contribution in [-0.4, -0.2) is 29.2 Å². The number of aromatic nitrogens is 1. The third-order valence-electron chi connectivity index (χ3n) is 5.77. The van der Waals surface area contributed by atoms with E-state index >= 15 is 0 Å². The zero-order valence-corrected chi connectivity index (χ0v) is 15.6. The Morgan fingerprint density at radius 1 is 1.15 bits per heavy atom. The minimum absolute atomic E-state index is 0.0422. The largest absolute Gasteiger partial charge is 0.395 e. The average molecular weight is 374 g/mol. The molecule has 2 heterocycles. The molecule has 0 saturated carbocycles. The van der Waals surface area contributed by atoms with Gasteiger partial charge in [-0.3, -0.25) is 0 Å². The molecule has 1 aromatic carbocycles. The van der Waals surface area contributed by atoms with Crippen molar-refractivity contribution in [3.63, 3.8) is 0 Å². The summed E-state index contributed by atoms with van der Waals surface area (Å²) in [5.74, 6) is -1.37. The first-order chi connectivity index (χ1) is 12.9. The quantitative estimate of drug-likeness (QED) is 0.801. The molecule has 1 atom stereocenters. The molecule has 1 aromatic heterocycles. The molecule has 0 amide bonds. The van der Waals surface area contributed by atoms with Crippen LogP contribution in [0.4, 0.5) is 13.2 Å². The number of hydrogen-bond donors (Lipinski definition) is 0. The molecule has 0 saturated heterocycles. The molecule has 2 aromatic rings. The zero-order chi connectivity index (χ0) is 19.0. The molecule has 0 spiro atoms. The number of fused-ring (bicyclic) bond motifs is 3. The van der Waals surface area contributed by atoms with Gasteiger partial charge in [0.15, 0.2) is 0 Å². The molecule has 1 aliphatic carbocycles. The number of rotatable bonds is 3. The summed E-state index contributed by atoms with van der Waals surface area (Å²) in [7, 11) is 2.05. The molecule has 144 valence electrons. The van der Waals surface area contributed by atoms with Crippen molar-refractivity contribution in [3.8, 4) is 0 Å². The third kappa shape index (κ3) is 3.70. The van der Waals surface area contributed by atoms with Gasteiger partial charge >= 0.3 is 6.18 Å². The van der Waals surface area contributed by atoms with E-state index in [1.165, 1.54) is 17.3 Å². The smallest absolute Gasteiger partial charge is 0.344 e. The van der Waals surface area contributed by atoms with Crippen molar-refractivity contribution < 1.29 is 13.2 Å². The molecular weight excluding hydrogens is 349 g/mol. The van der Waals surface area contributed by atoms with Gasteiger partial charge in [0.1, 0.15) is 0 Å². The topological polar surface area (TPSA) is 8.17 Å². The molecule has 2 aliphatic rings. The third-order valence-corrected chi connectivity index (χ3v) is 5.77. The number of aryl methyl sites for hydroxylation is 1. The first-order valence-corrected chi connectivity index (χ1v) is 9.65. The summed E-state index contributed by atoms with van der Waals surface area (Å²) in [6.07, 6.45) is 2.02. The minimum atomic E-state index is -4.18. The van der Waals surface area contributed by atoms with Crippen molar-refractivity contribution in [3.05, 3.63) is 57.7 Å². The first-order valence-electron chi connectivity index (χ1n) is 9.65. The van der Waals surface area contributed by atoms with Crippen molar-refractivity contribution >= 4 is 12.2 Å². The lowest BCUT2D eigenvalue weighted by atomic mass is 9.97. The fourth-order valence-electron chi connectivity index (χ4n) is 4.37. The molecule has 0 fully saturated rings. The Balaban J connectivity index is 1.78. The summed E-state index contributed by atoms with van der Waals surface area (Å²) in [5.41, 5.74) is 3.59. The molecule has 27 heavy (non-hydrogen) atoms. The molecule has 0 radical (unpaired) electrons. The number of alkyl halides is 3. The van der Waals surface area contributed by atoms with Gasteiger partial charge in [-0.15, -0.1) is 0 Å². The zero-order valence-electron chi connectivity index (χ0n) is 15.6. The summed E-state index contributed by atoms with van der Waals surface area (Å²) in [6, 6.07) is 10.3. The van der Waals surface area contributed by atoms with Crippen LogP contribution in [0.15, 0.2) is 30.3 Å². The van der Waals surface area contributed by atoms with E-state index in [0.29, 0.717) is 0 Å². The second-order valence-electron chi connectivity index (χ2n) is 7.71. The molecule has 4 rings (SSSR count). The summed E-state index contributed by atoms with van der Waals surface area (Å²) in [4.78, 5) is 2.22. The van der Waals surface area contributed by atoms with Gasteiger partial charge in [-0.2, -0.15) is 13.2 Å². The monoisotopic (exact) mass is 374 g/mol. The van der Waals surface area contributed by atoms with Crippen LogP contribution in [0.3, 0.4) is 0 Å². The van der Waals surface area contributed by atoms with Gasteiger partial charge in [0, 0.05) is 29.4 Å². The summed E-state index contributed by atoms with van der Waals surface area (Å²) in [5, 5.41) is 1.81.